The zero-order chi connectivity index (χ0) is 26.0. The van der Waals surface area contributed by atoms with Crippen molar-refractivity contribution in [1.82, 2.24) is 9.97 Å². The van der Waals surface area contributed by atoms with Crippen LogP contribution >= 0.6 is 0 Å². The molecule has 1 aromatic heterocycles. The maximum absolute atomic E-state index is 12.9. The number of nitrogens with zero attached hydrogens (tertiary/aromatic N) is 3. The molecule has 12 heteroatoms. The predicted octanol–water partition coefficient (Wildman–Crippen LogP) is 3.00. The summed E-state index contributed by atoms with van der Waals surface area (Å²) in [6.45, 7) is 6.89. The summed E-state index contributed by atoms with van der Waals surface area (Å²) in [6.07, 6.45) is 2.48. The molecule has 3 aromatic rings. The first-order chi connectivity index (χ1) is 16.3. The van der Waals surface area contributed by atoms with E-state index >= 15 is 0 Å². The van der Waals surface area contributed by atoms with Crippen molar-refractivity contribution < 1.29 is 21.6 Å². The second-order valence-corrected chi connectivity index (χ2v) is 11.8. The average molecular weight is 518 g/mol. The van der Waals surface area contributed by atoms with Gasteiger partial charge in [-0.3, -0.25) is 9.10 Å². The molecule has 2 aromatic carbocycles. The Balaban J connectivity index is 1.78. The summed E-state index contributed by atoms with van der Waals surface area (Å²) >= 11 is 0. The summed E-state index contributed by atoms with van der Waals surface area (Å²) in [5.74, 6) is -0.625. The van der Waals surface area contributed by atoms with Crippen molar-refractivity contribution in [2.75, 3.05) is 20.6 Å². The Kier molecular flexibility index (Phi) is 7.46. The van der Waals surface area contributed by atoms with Crippen LogP contribution in [0, 0.1) is 20.8 Å². The molecule has 0 aliphatic carbocycles. The summed E-state index contributed by atoms with van der Waals surface area (Å²) in [5.41, 5.74) is 3.03. The first kappa shape index (κ1) is 26.1. The van der Waals surface area contributed by atoms with Crippen LogP contribution in [0.5, 0.6) is 0 Å². The molecule has 0 spiro atoms. The van der Waals surface area contributed by atoms with Crippen molar-refractivity contribution in [3.63, 3.8) is 0 Å². The van der Waals surface area contributed by atoms with Gasteiger partial charge in [0.1, 0.15) is 6.04 Å². The number of carbonyl (C=O) groups excluding carboxylic acids is 1. The fourth-order valence-electron chi connectivity index (χ4n) is 3.53. The third-order valence-electron chi connectivity index (χ3n) is 5.00. The number of sulfonamides is 2. The van der Waals surface area contributed by atoms with Crippen molar-refractivity contribution in [1.29, 1.82) is 0 Å². The van der Waals surface area contributed by atoms with E-state index in [1.807, 2.05) is 19.9 Å². The monoisotopic (exact) mass is 517 g/mol. The van der Waals surface area contributed by atoms with Crippen molar-refractivity contribution in [2.24, 2.45) is 0 Å². The molecule has 3 rings (SSSR count). The predicted molar refractivity (Wildman–Crippen MR) is 135 cm³/mol. The van der Waals surface area contributed by atoms with Crippen LogP contribution in [0.3, 0.4) is 0 Å². The minimum Gasteiger partial charge on any atom is -0.324 e. The van der Waals surface area contributed by atoms with E-state index in [1.54, 1.807) is 25.1 Å². The lowest BCUT2D eigenvalue weighted by Gasteiger charge is -2.28. The van der Waals surface area contributed by atoms with Crippen LogP contribution < -0.4 is 14.3 Å². The Morgan fingerprint density at radius 2 is 1.54 bits per heavy atom. The zero-order valence-electron chi connectivity index (χ0n) is 20.0. The van der Waals surface area contributed by atoms with Gasteiger partial charge in [0.25, 0.3) is 10.0 Å². The number of hydrogen-bond acceptors (Lipinski definition) is 7. The Bertz CT molecular complexity index is 1440. The molecular formula is C23H27N5O5S2. The van der Waals surface area contributed by atoms with Crippen LogP contribution in [-0.4, -0.2) is 45.0 Å². The number of nitrogens with one attached hydrogen (secondary N) is 2. The van der Waals surface area contributed by atoms with E-state index in [9.17, 15) is 21.6 Å². The van der Waals surface area contributed by atoms with Gasteiger partial charge in [-0.05, 0) is 81.3 Å². The summed E-state index contributed by atoms with van der Waals surface area (Å²) < 4.78 is 53.7. The number of aromatic nitrogens is 2. The van der Waals surface area contributed by atoms with Gasteiger partial charge in [-0.1, -0.05) is 6.07 Å². The van der Waals surface area contributed by atoms with Gasteiger partial charge in [0.15, 0.2) is 0 Å². The van der Waals surface area contributed by atoms with Gasteiger partial charge in [-0.25, -0.2) is 31.5 Å². The van der Waals surface area contributed by atoms with E-state index in [0.29, 0.717) is 17.1 Å². The summed E-state index contributed by atoms with van der Waals surface area (Å²) in [4.78, 5) is 20.8. The smallest absolute Gasteiger partial charge is 0.264 e. The fourth-order valence-corrected chi connectivity index (χ4v) is 5.64. The zero-order valence-corrected chi connectivity index (χ0v) is 21.6. The summed E-state index contributed by atoms with van der Waals surface area (Å²) in [7, 11) is -7.72. The lowest BCUT2D eigenvalue weighted by atomic mass is 10.1. The highest BCUT2D eigenvalue weighted by atomic mass is 32.2. The quantitative estimate of drug-likeness (QED) is 0.468. The Labute approximate surface area is 205 Å². The van der Waals surface area contributed by atoms with Gasteiger partial charge < -0.3 is 5.32 Å². The maximum atomic E-state index is 12.9. The number of carbonyl (C=O) groups is 1. The molecule has 0 radical (unpaired) electrons. The molecule has 0 unspecified atom stereocenters. The molecule has 35 heavy (non-hydrogen) atoms. The fraction of sp³-hybridized carbons (Fsp3) is 0.261. The van der Waals surface area contributed by atoms with E-state index in [0.717, 1.165) is 21.7 Å². The number of anilines is 3. The topological polar surface area (TPSA) is 138 Å². The van der Waals surface area contributed by atoms with E-state index in [1.165, 1.54) is 37.4 Å². The van der Waals surface area contributed by atoms with E-state index in [-0.39, 0.29) is 10.8 Å². The highest BCUT2D eigenvalue weighted by Crippen LogP contribution is 2.25. The first-order valence-corrected chi connectivity index (χ1v) is 13.9. The molecule has 0 aliphatic heterocycles. The molecule has 0 saturated heterocycles. The van der Waals surface area contributed by atoms with Gasteiger partial charge in [0.2, 0.25) is 21.9 Å². The van der Waals surface area contributed by atoms with Gasteiger partial charge in [-0.15, -0.1) is 0 Å². The van der Waals surface area contributed by atoms with Crippen molar-refractivity contribution in [3.05, 3.63) is 71.5 Å². The van der Waals surface area contributed by atoms with Crippen LogP contribution in [0.15, 0.2) is 59.6 Å². The van der Waals surface area contributed by atoms with Crippen molar-refractivity contribution in [2.45, 2.75) is 38.6 Å². The molecule has 0 saturated carbocycles. The van der Waals surface area contributed by atoms with Gasteiger partial charge in [0.05, 0.1) is 16.8 Å². The van der Waals surface area contributed by atoms with Crippen LogP contribution in [0.2, 0.25) is 0 Å². The van der Waals surface area contributed by atoms with Gasteiger partial charge in [-0.2, -0.15) is 0 Å². The Hall–Kier alpha value is -3.51. The molecule has 0 aliphatic rings. The minimum absolute atomic E-state index is 0.0524. The van der Waals surface area contributed by atoms with Gasteiger partial charge in [0, 0.05) is 17.6 Å². The molecule has 2 N–H and O–H groups in total. The second kappa shape index (κ2) is 10.0. The number of aryl methyl sites for hydroxylation is 3. The number of amides is 1. The summed E-state index contributed by atoms with van der Waals surface area (Å²) in [6, 6.07) is 11.3. The minimum atomic E-state index is -3.94. The maximum Gasteiger partial charge on any atom is 0.264 e. The number of rotatable bonds is 8. The van der Waals surface area contributed by atoms with Gasteiger partial charge >= 0.3 is 0 Å². The Morgan fingerprint density at radius 3 is 2.09 bits per heavy atom. The third kappa shape index (κ3) is 6.55. The average Bonchev–Trinajstić information content (AvgIpc) is 2.72. The third-order valence-corrected chi connectivity index (χ3v) is 7.59. The van der Waals surface area contributed by atoms with Crippen LogP contribution in [0.1, 0.15) is 23.7 Å². The second-order valence-electron chi connectivity index (χ2n) is 8.22. The highest BCUT2D eigenvalue weighted by molar-refractivity contribution is 7.92. The lowest BCUT2D eigenvalue weighted by Crippen LogP contribution is -2.45. The molecule has 10 nitrogen and oxygen atoms in total. The molecule has 0 bridgehead atoms. The van der Waals surface area contributed by atoms with Crippen LogP contribution in [-0.2, 0) is 24.8 Å². The summed E-state index contributed by atoms with van der Waals surface area (Å²) in [5, 5.41) is 2.64. The molecule has 0 fully saturated rings. The van der Waals surface area contributed by atoms with Crippen LogP contribution in [0.4, 0.5) is 17.3 Å². The van der Waals surface area contributed by atoms with Crippen LogP contribution in [0.25, 0.3) is 0 Å². The first-order valence-electron chi connectivity index (χ1n) is 10.6. The normalized spacial score (nSPS) is 12.6. The number of hydrogen-bond donors (Lipinski definition) is 2. The van der Waals surface area contributed by atoms with Crippen molar-refractivity contribution in [3.8, 4) is 0 Å². The van der Waals surface area contributed by atoms with E-state index in [4.69, 9.17) is 0 Å². The lowest BCUT2D eigenvalue weighted by molar-refractivity contribution is -0.116. The number of benzene rings is 2. The SMILES string of the molecule is Cc1cc(C)cc(N([C@H](C)C(=O)Nc2ccc(S(=O)(=O)Nc3nccc(C)n3)cc2)S(C)(=O)=O)c1. The Morgan fingerprint density at radius 1 is 0.943 bits per heavy atom. The molecule has 1 heterocycles. The van der Waals surface area contributed by atoms with Crippen molar-refractivity contribution >= 4 is 43.3 Å². The standard InChI is InChI=1S/C23H27N5O5S2/c1-15-12-16(2)14-20(13-15)28(34(5,30)31)18(4)22(29)26-19-6-8-21(9-7-19)35(32,33)27-23-24-11-10-17(3)25-23/h6-14,18H,1-5H3,(H,26,29)(H,24,25,27)/t18-/m1/s1. The van der Waals surface area contributed by atoms with E-state index < -0.39 is 32.0 Å². The molecular weight excluding hydrogens is 490 g/mol. The molecule has 1 atom stereocenters. The molecule has 186 valence electrons. The largest absolute Gasteiger partial charge is 0.324 e. The highest BCUT2D eigenvalue weighted by Gasteiger charge is 2.29. The van der Waals surface area contributed by atoms with E-state index in [2.05, 4.69) is 20.0 Å². The molecule has 1 amide bonds.